The zero-order valence-corrected chi connectivity index (χ0v) is 18.1. The van der Waals surface area contributed by atoms with Crippen molar-refractivity contribution in [1.82, 2.24) is 5.32 Å². The van der Waals surface area contributed by atoms with E-state index in [1.54, 1.807) is 7.11 Å². The predicted octanol–water partition coefficient (Wildman–Crippen LogP) is 3.21. The minimum absolute atomic E-state index is 0.0877. The minimum Gasteiger partial charge on any atom is -0.497 e. The SMILES string of the molecule is COc1ccc([C@@H]2NC(=S)C3=C(CC(C)(C)OC3)[NH+]2CCc2ccccc2)cc1. The molecule has 0 saturated heterocycles. The quantitative estimate of drug-likeness (QED) is 0.744. The Balaban J connectivity index is 1.68. The number of quaternary nitrogens is 1. The highest BCUT2D eigenvalue weighted by molar-refractivity contribution is 7.80. The first-order valence-electron chi connectivity index (χ1n) is 10.2. The van der Waals surface area contributed by atoms with E-state index in [1.807, 2.05) is 12.1 Å². The Kier molecular flexibility index (Phi) is 5.72. The van der Waals surface area contributed by atoms with Crippen LogP contribution in [0, 0.1) is 0 Å². The molecule has 2 aromatic carbocycles. The number of ether oxygens (including phenoxy) is 2. The summed E-state index contributed by atoms with van der Waals surface area (Å²) in [6.45, 7) is 5.90. The molecule has 0 aromatic heterocycles. The van der Waals surface area contributed by atoms with E-state index in [-0.39, 0.29) is 11.8 Å². The normalized spacial score (nSPS) is 23.3. The molecule has 4 rings (SSSR count). The Morgan fingerprint density at radius 1 is 1.14 bits per heavy atom. The molecule has 0 aliphatic carbocycles. The summed E-state index contributed by atoms with van der Waals surface area (Å²) in [7, 11) is 1.70. The van der Waals surface area contributed by atoms with Gasteiger partial charge in [-0.1, -0.05) is 42.5 Å². The summed E-state index contributed by atoms with van der Waals surface area (Å²) in [6.07, 6.45) is 1.99. The van der Waals surface area contributed by atoms with E-state index in [9.17, 15) is 0 Å². The topological polar surface area (TPSA) is 34.9 Å². The van der Waals surface area contributed by atoms with Gasteiger partial charge in [-0.25, -0.2) is 0 Å². The highest BCUT2D eigenvalue weighted by atomic mass is 32.1. The van der Waals surface area contributed by atoms with E-state index < -0.39 is 0 Å². The molecule has 29 heavy (non-hydrogen) atoms. The lowest BCUT2D eigenvalue weighted by molar-refractivity contribution is -0.900. The largest absolute Gasteiger partial charge is 0.497 e. The maximum atomic E-state index is 6.07. The van der Waals surface area contributed by atoms with Crippen LogP contribution in [0.4, 0.5) is 0 Å². The van der Waals surface area contributed by atoms with Gasteiger partial charge in [0.05, 0.1) is 37.9 Å². The van der Waals surface area contributed by atoms with E-state index in [1.165, 1.54) is 21.7 Å². The Labute approximate surface area is 178 Å². The molecule has 0 fully saturated rings. The average molecular weight is 410 g/mol. The number of benzene rings is 2. The fourth-order valence-electron chi connectivity index (χ4n) is 4.23. The van der Waals surface area contributed by atoms with Gasteiger partial charge < -0.3 is 14.8 Å². The summed E-state index contributed by atoms with van der Waals surface area (Å²) in [6, 6.07) is 19.0. The lowest BCUT2D eigenvalue weighted by Crippen LogP contribution is -3.14. The maximum absolute atomic E-state index is 6.07. The van der Waals surface area contributed by atoms with E-state index >= 15 is 0 Å². The summed E-state index contributed by atoms with van der Waals surface area (Å²) in [5.74, 6) is 0.866. The van der Waals surface area contributed by atoms with Gasteiger partial charge in [0.1, 0.15) is 16.4 Å². The molecule has 0 amide bonds. The lowest BCUT2D eigenvalue weighted by atomic mass is 9.92. The van der Waals surface area contributed by atoms with Crippen LogP contribution >= 0.6 is 12.2 Å². The van der Waals surface area contributed by atoms with Crippen molar-refractivity contribution >= 4 is 17.2 Å². The van der Waals surface area contributed by atoms with Crippen LogP contribution in [0.5, 0.6) is 5.75 Å². The second-order valence-electron chi connectivity index (χ2n) is 8.37. The van der Waals surface area contributed by atoms with Crippen molar-refractivity contribution < 1.29 is 14.4 Å². The summed E-state index contributed by atoms with van der Waals surface area (Å²) in [5.41, 5.74) is 4.95. The molecule has 2 atom stereocenters. The fourth-order valence-corrected chi connectivity index (χ4v) is 4.53. The molecular weight excluding hydrogens is 380 g/mol. The van der Waals surface area contributed by atoms with Gasteiger partial charge in [-0.3, -0.25) is 4.90 Å². The van der Waals surface area contributed by atoms with Crippen molar-refractivity contribution in [3.63, 3.8) is 0 Å². The standard InChI is InChI=1S/C24H28N2O2S/c1-24(2)15-21-20(16-28-24)23(29)25-22(18-9-11-19(27-3)12-10-18)26(21)14-13-17-7-5-4-6-8-17/h4-12,22H,13-16H2,1-3H3,(H,25,29)/p+1/t22-/m1/s1. The first-order chi connectivity index (χ1) is 14.0. The molecule has 2 aromatic rings. The van der Waals surface area contributed by atoms with Gasteiger partial charge >= 0.3 is 0 Å². The van der Waals surface area contributed by atoms with E-state index in [4.69, 9.17) is 21.7 Å². The van der Waals surface area contributed by atoms with Crippen molar-refractivity contribution in [1.29, 1.82) is 0 Å². The van der Waals surface area contributed by atoms with Crippen LogP contribution in [-0.4, -0.2) is 30.9 Å². The molecule has 0 spiro atoms. The molecule has 2 aliphatic rings. The summed E-state index contributed by atoms with van der Waals surface area (Å²) in [5, 5.41) is 3.60. The minimum atomic E-state index is -0.172. The third-order valence-electron chi connectivity index (χ3n) is 5.83. The van der Waals surface area contributed by atoms with Gasteiger partial charge in [-0.05, 0) is 43.7 Å². The van der Waals surface area contributed by atoms with Gasteiger partial charge in [-0.15, -0.1) is 0 Å². The Morgan fingerprint density at radius 3 is 2.55 bits per heavy atom. The fraction of sp³-hybridized carbons (Fsp3) is 0.375. The van der Waals surface area contributed by atoms with E-state index in [0.29, 0.717) is 6.61 Å². The molecule has 152 valence electrons. The van der Waals surface area contributed by atoms with Gasteiger partial charge in [0, 0.05) is 12.0 Å². The van der Waals surface area contributed by atoms with Crippen molar-refractivity contribution in [2.45, 2.75) is 38.5 Å². The number of thiocarbonyl (C=S) groups is 1. The molecular formula is C24H29N2O2S+. The molecule has 0 bridgehead atoms. The third kappa shape index (κ3) is 4.37. The van der Waals surface area contributed by atoms with Crippen molar-refractivity contribution in [2.75, 3.05) is 20.3 Å². The molecule has 0 saturated carbocycles. The molecule has 0 radical (unpaired) electrons. The van der Waals surface area contributed by atoms with Gasteiger partial charge in [0.25, 0.3) is 0 Å². The van der Waals surface area contributed by atoms with Crippen LogP contribution in [-0.2, 0) is 11.2 Å². The van der Waals surface area contributed by atoms with Gasteiger partial charge in [-0.2, -0.15) is 0 Å². The summed E-state index contributed by atoms with van der Waals surface area (Å²) < 4.78 is 11.4. The summed E-state index contributed by atoms with van der Waals surface area (Å²) in [4.78, 5) is 2.25. The Bertz CT molecular complexity index is 906. The monoisotopic (exact) mass is 409 g/mol. The van der Waals surface area contributed by atoms with Crippen molar-refractivity contribution in [3.05, 3.63) is 77.0 Å². The lowest BCUT2D eigenvalue weighted by Gasteiger charge is -2.42. The van der Waals surface area contributed by atoms with Crippen LogP contribution < -0.4 is 15.0 Å². The first kappa shape index (κ1) is 20.1. The smallest absolute Gasteiger partial charge is 0.192 e. The first-order valence-corrected chi connectivity index (χ1v) is 10.6. The molecule has 2 heterocycles. The number of methoxy groups -OCH3 is 1. The van der Waals surface area contributed by atoms with Gasteiger partial charge in [0.2, 0.25) is 0 Å². The van der Waals surface area contributed by atoms with E-state index in [2.05, 4.69) is 61.6 Å². The highest BCUT2D eigenvalue weighted by Crippen LogP contribution is 2.29. The highest BCUT2D eigenvalue weighted by Gasteiger charge is 2.42. The summed E-state index contributed by atoms with van der Waals surface area (Å²) >= 11 is 5.75. The number of rotatable bonds is 5. The molecule has 5 heteroatoms. The third-order valence-corrected chi connectivity index (χ3v) is 6.20. The van der Waals surface area contributed by atoms with Crippen molar-refractivity contribution in [3.8, 4) is 5.75 Å². The predicted molar refractivity (Wildman–Crippen MR) is 119 cm³/mol. The van der Waals surface area contributed by atoms with E-state index in [0.717, 1.165) is 35.7 Å². The van der Waals surface area contributed by atoms with Crippen LogP contribution in [0.1, 0.15) is 37.6 Å². The number of nitrogens with one attached hydrogen (secondary N) is 2. The second-order valence-corrected chi connectivity index (χ2v) is 8.78. The Morgan fingerprint density at radius 2 is 1.86 bits per heavy atom. The zero-order valence-electron chi connectivity index (χ0n) is 17.3. The Hall–Kier alpha value is -2.21. The van der Waals surface area contributed by atoms with Gasteiger partial charge in [0.15, 0.2) is 6.17 Å². The van der Waals surface area contributed by atoms with Crippen molar-refractivity contribution in [2.24, 2.45) is 0 Å². The average Bonchev–Trinajstić information content (AvgIpc) is 2.73. The van der Waals surface area contributed by atoms with Crippen LogP contribution in [0.15, 0.2) is 65.9 Å². The molecule has 2 N–H and O–H groups in total. The van der Waals surface area contributed by atoms with Crippen LogP contribution in [0.2, 0.25) is 0 Å². The van der Waals surface area contributed by atoms with Crippen LogP contribution in [0.3, 0.4) is 0 Å². The molecule has 1 unspecified atom stereocenters. The number of hydrogen-bond acceptors (Lipinski definition) is 3. The maximum Gasteiger partial charge on any atom is 0.192 e. The second kappa shape index (κ2) is 8.27. The molecule has 4 nitrogen and oxygen atoms in total. The molecule has 2 aliphatic heterocycles. The van der Waals surface area contributed by atoms with Crippen LogP contribution in [0.25, 0.3) is 0 Å². The number of hydrogen-bond donors (Lipinski definition) is 2. The zero-order chi connectivity index (χ0) is 20.4.